The van der Waals surface area contributed by atoms with Gasteiger partial charge in [0.2, 0.25) is 0 Å². The molecule has 0 spiro atoms. The molecule has 8 heteroatoms. The van der Waals surface area contributed by atoms with Gasteiger partial charge in [0.1, 0.15) is 10.6 Å². The van der Waals surface area contributed by atoms with Gasteiger partial charge in [-0.2, -0.15) is 0 Å². The van der Waals surface area contributed by atoms with Crippen molar-refractivity contribution in [2.45, 2.75) is 32.5 Å². The Labute approximate surface area is 152 Å². The monoisotopic (exact) mass is 378 g/mol. The molecule has 3 aromatic rings. The zero-order chi connectivity index (χ0) is 18.0. The van der Waals surface area contributed by atoms with E-state index in [9.17, 15) is 9.59 Å². The van der Waals surface area contributed by atoms with Crippen molar-refractivity contribution in [3.63, 3.8) is 0 Å². The van der Waals surface area contributed by atoms with Crippen LogP contribution in [0.3, 0.4) is 0 Å². The van der Waals surface area contributed by atoms with Crippen LogP contribution in [-0.4, -0.2) is 27.9 Å². The predicted molar refractivity (Wildman–Crippen MR) is 98.5 cm³/mol. The van der Waals surface area contributed by atoms with Crippen molar-refractivity contribution in [3.8, 4) is 0 Å². The number of hydrogen-bond acceptors (Lipinski definition) is 7. The summed E-state index contributed by atoms with van der Waals surface area (Å²) in [5, 5.41) is 1.12. The maximum Gasteiger partial charge on any atom is 0.316 e. The van der Waals surface area contributed by atoms with E-state index < -0.39 is 0 Å². The molecule has 0 fully saturated rings. The Morgan fingerprint density at radius 3 is 2.92 bits per heavy atom. The Morgan fingerprint density at radius 2 is 2.24 bits per heavy atom. The summed E-state index contributed by atoms with van der Waals surface area (Å²) < 4.78 is 11.9. The molecule has 0 amide bonds. The van der Waals surface area contributed by atoms with E-state index in [0.29, 0.717) is 27.7 Å². The van der Waals surface area contributed by atoms with Crippen LogP contribution in [0.5, 0.6) is 0 Å². The van der Waals surface area contributed by atoms with Crippen molar-refractivity contribution in [2.24, 2.45) is 0 Å². The lowest BCUT2D eigenvalue weighted by Crippen LogP contribution is -2.24. The third-order valence-electron chi connectivity index (χ3n) is 3.77. The standard InChI is InChI=1S/C17H18N2O4S2/c1-4-22-13(20)9-24-17-18-15-14(10(2)11(3)25-15)16(21)19(17)8-12-6-5-7-23-12/h5-7H,4,8-9H2,1-3H3. The zero-order valence-electron chi connectivity index (χ0n) is 14.2. The molecule has 3 aromatic heterocycles. The number of carbonyl (C=O) groups excluding carboxylic acids is 1. The summed E-state index contributed by atoms with van der Waals surface area (Å²) in [5.41, 5.74) is 0.835. The number of fused-ring (bicyclic) bond motifs is 1. The number of furan rings is 1. The number of ether oxygens (including phenoxy) is 1. The number of rotatable bonds is 6. The Hall–Kier alpha value is -2.06. The van der Waals surface area contributed by atoms with E-state index in [-0.39, 0.29) is 23.8 Å². The average Bonchev–Trinajstić information content (AvgIpc) is 3.18. The van der Waals surface area contributed by atoms with Crippen molar-refractivity contribution in [1.29, 1.82) is 0 Å². The predicted octanol–water partition coefficient (Wildman–Crippen LogP) is 3.37. The molecular weight excluding hydrogens is 360 g/mol. The summed E-state index contributed by atoms with van der Waals surface area (Å²) in [6.07, 6.45) is 1.57. The topological polar surface area (TPSA) is 74.3 Å². The minimum absolute atomic E-state index is 0.104. The molecule has 0 aromatic carbocycles. The summed E-state index contributed by atoms with van der Waals surface area (Å²) in [7, 11) is 0. The number of esters is 1. The molecular formula is C17H18N2O4S2. The van der Waals surface area contributed by atoms with Crippen molar-refractivity contribution in [3.05, 3.63) is 45.0 Å². The lowest BCUT2D eigenvalue weighted by Gasteiger charge is -2.10. The molecule has 132 valence electrons. The first-order chi connectivity index (χ1) is 12.0. The van der Waals surface area contributed by atoms with E-state index in [4.69, 9.17) is 9.15 Å². The van der Waals surface area contributed by atoms with Gasteiger partial charge in [-0.1, -0.05) is 11.8 Å². The van der Waals surface area contributed by atoms with Gasteiger partial charge in [0, 0.05) is 4.88 Å². The van der Waals surface area contributed by atoms with Crippen LogP contribution in [0.1, 0.15) is 23.1 Å². The molecule has 0 radical (unpaired) electrons. The molecule has 0 atom stereocenters. The molecule has 0 unspecified atom stereocenters. The minimum atomic E-state index is -0.329. The normalized spacial score (nSPS) is 11.2. The van der Waals surface area contributed by atoms with E-state index in [1.165, 1.54) is 23.1 Å². The summed E-state index contributed by atoms with van der Waals surface area (Å²) >= 11 is 2.69. The molecule has 25 heavy (non-hydrogen) atoms. The zero-order valence-corrected chi connectivity index (χ0v) is 15.8. The second-order valence-electron chi connectivity index (χ2n) is 5.42. The molecule has 0 saturated carbocycles. The number of aryl methyl sites for hydroxylation is 2. The smallest absolute Gasteiger partial charge is 0.316 e. The lowest BCUT2D eigenvalue weighted by atomic mass is 10.2. The number of thiophene rings is 1. The van der Waals surface area contributed by atoms with Crippen LogP contribution in [0.4, 0.5) is 0 Å². The van der Waals surface area contributed by atoms with E-state index >= 15 is 0 Å². The van der Waals surface area contributed by atoms with Crippen molar-refractivity contribution in [2.75, 3.05) is 12.4 Å². The first kappa shape index (κ1) is 17.8. The SMILES string of the molecule is CCOC(=O)CSc1nc2sc(C)c(C)c2c(=O)n1Cc1ccco1. The van der Waals surface area contributed by atoms with Crippen LogP contribution < -0.4 is 5.56 Å². The fraction of sp³-hybridized carbons (Fsp3) is 0.353. The van der Waals surface area contributed by atoms with Crippen molar-refractivity contribution in [1.82, 2.24) is 9.55 Å². The second-order valence-corrected chi connectivity index (χ2v) is 7.57. The number of aromatic nitrogens is 2. The summed E-state index contributed by atoms with van der Waals surface area (Å²) in [5.74, 6) is 0.434. The molecule has 3 rings (SSSR count). The fourth-order valence-corrected chi connectivity index (χ4v) is 4.31. The number of carbonyl (C=O) groups is 1. The van der Waals surface area contributed by atoms with Gasteiger partial charge in [-0.25, -0.2) is 4.98 Å². The molecule has 0 saturated heterocycles. The first-order valence-corrected chi connectivity index (χ1v) is 9.62. The van der Waals surface area contributed by atoms with Crippen LogP contribution in [0, 0.1) is 13.8 Å². The fourth-order valence-electron chi connectivity index (χ4n) is 2.44. The molecule has 0 bridgehead atoms. The van der Waals surface area contributed by atoms with Gasteiger partial charge in [0.05, 0.1) is 30.6 Å². The maximum atomic E-state index is 13.0. The molecule has 0 aliphatic rings. The van der Waals surface area contributed by atoms with Crippen LogP contribution in [0.15, 0.2) is 32.8 Å². The molecule has 0 aliphatic heterocycles. The Bertz CT molecular complexity index is 957. The summed E-state index contributed by atoms with van der Waals surface area (Å²) in [4.78, 5) is 31.1. The largest absolute Gasteiger partial charge is 0.467 e. The minimum Gasteiger partial charge on any atom is -0.467 e. The van der Waals surface area contributed by atoms with Gasteiger partial charge >= 0.3 is 5.97 Å². The summed E-state index contributed by atoms with van der Waals surface area (Å²) in [6, 6.07) is 3.58. The van der Waals surface area contributed by atoms with Crippen LogP contribution in [0.25, 0.3) is 10.2 Å². The second kappa shape index (κ2) is 7.45. The van der Waals surface area contributed by atoms with Crippen molar-refractivity contribution >= 4 is 39.3 Å². The Balaban J connectivity index is 2.05. The highest BCUT2D eigenvalue weighted by molar-refractivity contribution is 7.99. The van der Waals surface area contributed by atoms with Crippen LogP contribution >= 0.6 is 23.1 Å². The quantitative estimate of drug-likeness (QED) is 0.372. The number of nitrogens with zero attached hydrogens (tertiary/aromatic N) is 2. The third kappa shape index (κ3) is 3.64. The maximum absolute atomic E-state index is 13.0. The summed E-state index contributed by atoms with van der Waals surface area (Å²) in [6.45, 7) is 6.27. The van der Waals surface area contributed by atoms with Gasteiger partial charge in [-0.15, -0.1) is 11.3 Å². The molecule has 0 aliphatic carbocycles. The van der Waals surface area contributed by atoms with Gasteiger partial charge in [-0.3, -0.25) is 14.2 Å². The Kier molecular flexibility index (Phi) is 5.29. The van der Waals surface area contributed by atoms with E-state index in [2.05, 4.69) is 4.98 Å². The molecule has 3 heterocycles. The van der Waals surface area contributed by atoms with Crippen molar-refractivity contribution < 1.29 is 13.9 Å². The lowest BCUT2D eigenvalue weighted by molar-refractivity contribution is -0.139. The highest BCUT2D eigenvalue weighted by atomic mass is 32.2. The van der Waals surface area contributed by atoms with E-state index in [0.717, 1.165) is 10.4 Å². The van der Waals surface area contributed by atoms with Crippen LogP contribution in [-0.2, 0) is 16.1 Å². The van der Waals surface area contributed by atoms with E-state index in [1.807, 2.05) is 19.9 Å². The Morgan fingerprint density at radius 1 is 1.44 bits per heavy atom. The number of thioether (sulfide) groups is 1. The van der Waals surface area contributed by atoms with Crippen LogP contribution in [0.2, 0.25) is 0 Å². The molecule has 0 N–H and O–H groups in total. The average molecular weight is 378 g/mol. The molecule has 6 nitrogen and oxygen atoms in total. The van der Waals surface area contributed by atoms with Gasteiger partial charge in [-0.05, 0) is 38.5 Å². The third-order valence-corrected chi connectivity index (χ3v) is 5.82. The number of hydrogen-bond donors (Lipinski definition) is 0. The van der Waals surface area contributed by atoms with Gasteiger partial charge < -0.3 is 9.15 Å². The highest BCUT2D eigenvalue weighted by Crippen LogP contribution is 2.28. The van der Waals surface area contributed by atoms with Gasteiger partial charge in [0.25, 0.3) is 5.56 Å². The van der Waals surface area contributed by atoms with E-state index in [1.54, 1.807) is 23.8 Å². The first-order valence-electron chi connectivity index (χ1n) is 7.82. The van der Waals surface area contributed by atoms with Gasteiger partial charge in [0.15, 0.2) is 5.16 Å². The highest BCUT2D eigenvalue weighted by Gasteiger charge is 2.18.